The van der Waals surface area contributed by atoms with E-state index in [2.05, 4.69) is 5.32 Å². The molecule has 14 heavy (non-hydrogen) atoms. The number of fused-ring (bicyclic) bond motifs is 2. The Morgan fingerprint density at radius 3 is 2.64 bits per heavy atom. The van der Waals surface area contributed by atoms with Gasteiger partial charge in [0.05, 0.1) is 5.41 Å². The Balaban J connectivity index is 2.29. The molecule has 1 saturated heterocycles. The van der Waals surface area contributed by atoms with Gasteiger partial charge >= 0.3 is 5.97 Å². The van der Waals surface area contributed by atoms with E-state index in [9.17, 15) is 9.59 Å². The molecule has 5 heteroatoms. The molecule has 0 aromatic heterocycles. The number of carbonyl (C=O) groups excluding carboxylic acids is 1. The van der Waals surface area contributed by atoms with Gasteiger partial charge in [-0.2, -0.15) is 0 Å². The maximum absolute atomic E-state index is 11.2. The van der Waals surface area contributed by atoms with Crippen LogP contribution in [-0.2, 0) is 9.59 Å². The summed E-state index contributed by atoms with van der Waals surface area (Å²) in [6, 6.07) is -0.173. The van der Waals surface area contributed by atoms with Crippen molar-refractivity contribution < 1.29 is 14.7 Å². The molecule has 0 aromatic carbocycles. The minimum Gasteiger partial charge on any atom is -0.481 e. The van der Waals surface area contributed by atoms with Crippen LogP contribution in [-0.4, -0.2) is 29.1 Å². The van der Waals surface area contributed by atoms with Crippen LogP contribution in [0.4, 0.5) is 0 Å². The molecule has 3 unspecified atom stereocenters. The molecule has 2 rings (SSSR count). The molecule has 0 radical (unpaired) electrons. The highest BCUT2D eigenvalue weighted by atomic mass is 16.4. The first kappa shape index (κ1) is 9.21. The monoisotopic (exact) mass is 196 g/mol. The number of amides is 1. The van der Waals surface area contributed by atoms with Gasteiger partial charge in [0.2, 0.25) is 5.91 Å². The molecule has 4 N–H and O–H groups in total. The molecule has 76 valence electrons. The Hall–Kier alpha value is -1.36. The number of hydrogen-bond donors (Lipinski definition) is 3. The molecular weight excluding hydrogens is 184 g/mol. The highest BCUT2D eigenvalue weighted by Crippen LogP contribution is 2.42. The zero-order valence-corrected chi connectivity index (χ0v) is 7.56. The zero-order valence-electron chi connectivity index (χ0n) is 7.56. The van der Waals surface area contributed by atoms with Crippen LogP contribution in [0.2, 0.25) is 0 Å². The van der Waals surface area contributed by atoms with Crippen LogP contribution in [0.1, 0.15) is 12.8 Å². The second-order valence-corrected chi connectivity index (χ2v) is 3.94. The molecule has 3 atom stereocenters. The lowest BCUT2D eigenvalue weighted by Crippen LogP contribution is -2.44. The first-order valence-electron chi connectivity index (χ1n) is 4.51. The summed E-state index contributed by atoms with van der Waals surface area (Å²) in [5.74, 6) is -1.50. The molecule has 2 bridgehead atoms. The lowest BCUT2D eigenvalue weighted by molar-refractivity contribution is -0.151. The third kappa shape index (κ3) is 1.13. The summed E-state index contributed by atoms with van der Waals surface area (Å²) in [4.78, 5) is 22.0. The van der Waals surface area contributed by atoms with Gasteiger partial charge in [-0.15, -0.1) is 0 Å². The van der Waals surface area contributed by atoms with E-state index in [1.807, 2.05) is 12.2 Å². The predicted molar refractivity (Wildman–Crippen MR) is 48.3 cm³/mol. The number of carboxylic acids is 1. The van der Waals surface area contributed by atoms with E-state index in [1.54, 1.807) is 0 Å². The summed E-state index contributed by atoms with van der Waals surface area (Å²) in [5, 5.41) is 12.3. The average molecular weight is 196 g/mol. The molecule has 0 aromatic rings. The number of carboxylic acid groups (broad SMARTS) is 1. The van der Waals surface area contributed by atoms with Crippen molar-refractivity contribution in [1.29, 1.82) is 0 Å². The fourth-order valence-electron chi connectivity index (χ4n) is 2.37. The minimum absolute atomic E-state index is 0.0791. The second-order valence-electron chi connectivity index (χ2n) is 3.94. The Morgan fingerprint density at radius 2 is 2.29 bits per heavy atom. The van der Waals surface area contributed by atoms with Crippen molar-refractivity contribution in [3.8, 4) is 0 Å². The van der Waals surface area contributed by atoms with Gasteiger partial charge in [-0.05, 0) is 6.42 Å². The van der Waals surface area contributed by atoms with E-state index in [0.29, 0.717) is 6.42 Å². The molecule has 2 heterocycles. The molecule has 0 aliphatic carbocycles. The first-order chi connectivity index (χ1) is 6.54. The lowest BCUT2D eigenvalue weighted by Gasteiger charge is -2.28. The summed E-state index contributed by atoms with van der Waals surface area (Å²) in [6.07, 6.45) is 4.10. The molecule has 0 spiro atoms. The molecular formula is C9H12N2O3. The van der Waals surface area contributed by atoms with E-state index in [1.165, 1.54) is 0 Å². The van der Waals surface area contributed by atoms with E-state index in [-0.39, 0.29) is 18.5 Å². The van der Waals surface area contributed by atoms with Crippen molar-refractivity contribution >= 4 is 11.9 Å². The Bertz CT molecular complexity index is 326. The summed E-state index contributed by atoms with van der Waals surface area (Å²) >= 11 is 0. The summed E-state index contributed by atoms with van der Waals surface area (Å²) in [6.45, 7) is 0. The number of carbonyl (C=O) groups is 2. The fourth-order valence-corrected chi connectivity index (χ4v) is 2.37. The van der Waals surface area contributed by atoms with Crippen molar-refractivity contribution in [3.63, 3.8) is 0 Å². The third-order valence-corrected chi connectivity index (χ3v) is 3.02. The van der Waals surface area contributed by atoms with Gasteiger partial charge in [0.25, 0.3) is 0 Å². The summed E-state index contributed by atoms with van der Waals surface area (Å²) < 4.78 is 0. The van der Waals surface area contributed by atoms with Gasteiger partial charge in [-0.3, -0.25) is 9.59 Å². The number of rotatable bonds is 3. The van der Waals surface area contributed by atoms with Gasteiger partial charge < -0.3 is 16.2 Å². The van der Waals surface area contributed by atoms with Crippen LogP contribution in [0.5, 0.6) is 0 Å². The van der Waals surface area contributed by atoms with Crippen LogP contribution in [0.15, 0.2) is 12.2 Å². The average Bonchev–Trinajstić information content (AvgIpc) is 2.61. The molecule has 0 saturated carbocycles. The Kier molecular flexibility index (Phi) is 1.85. The van der Waals surface area contributed by atoms with Crippen LogP contribution in [0, 0.1) is 5.41 Å². The first-order valence-corrected chi connectivity index (χ1v) is 4.51. The van der Waals surface area contributed by atoms with Crippen LogP contribution < -0.4 is 11.1 Å². The normalized spacial score (nSPS) is 38.9. The van der Waals surface area contributed by atoms with E-state index < -0.39 is 17.3 Å². The number of hydrogen-bond acceptors (Lipinski definition) is 3. The van der Waals surface area contributed by atoms with E-state index in [4.69, 9.17) is 10.8 Å². The number of nitrogens with two attached hydrogens (primary N) is 1. The minimum atomic E-state index is -1.02. The van der Waals surface area contributed by atoms with E-state index in [0.717, 1.165) is 0 Å². The van der Waals surface area contributed by atoms with Crippen LogP contribution >= 0.6 is 0 Å². The standard InChI is InChI=1S/C9H12N2O3/c10-7(12)4-9(8(13)14)3-5-1-2-6(9)11-5/h1-2,5-6,11H,3-4H2,(H2,10,12)(H,13,14). The van der Waals surface area contributed by atoms with Gasteiger partial charge in [0.1, 0.15) is 0 Å². The van der Waals surface area contributed by atoms with Crippen LogP contribution in [0.25, 0.3) is 0 Å². The number of nitrogens with one attached hydrogen (secondary N) is 1. The smallest absolute Gasteiger partial charge is 0.312 e. The van der Waals surface area contributed by atoms with Gasteiger partial charge in [0, 0.05) is 18.5 Å². The highest BCUT2D eigenvalue weighted by Gasteiger charge is 2.54. The Labute approximate surface area is 81.0 Å². The largest absolute Gasteiger partial charge is 0.481 e. The van der Waals surface area contributed by atoms with Crippen LogP contribution in [0.3, 0.4) is 0 Å². The summed E-state index contributed by atoms with van der Waals surface area (Å²) in [7, 11) is 0. The topological polar surface area (TPSA) is 92.4 Å². The molecule has 2 aliphatic heterocycles. The van der Waals surface area contributed by atoms with Gasteiger partial charge in [-0.1, -0.05) is 12.2 Å². The summed E-state index contributed by atoms with van der Waals surface area (Å²) in [5.41, 5.74) is 4.05. The van der Waals surface area contributed by atoms with Gasteiger partial charge in [-0.25, -0.2) is 0 Å². The maximum Gasteiger partial charge on any atom is 0.312 e. The maximum atomic E-state index is 11.2. The van der Waals surface area contributed by atoms with Crippen molar-refractivity contribution in [3.05, 3.63) is 12.2 Å². The van der Waals surface area contributed by atoms with Crippen molar-refractivity contribution in [1.82, 2.24) is 5.32 Å². The molecule has 1 amide bonds. The van der Waals surface area contributed by atoms with Crippen molar-refractivity contribution in [2.24, 2.45) is 11.1 Å². The second kappa shape index (κ2) is 2.81. The predicted octanol–water partition coefficient (Wildman–Crippen LogP) is -0.767. The lowest BCUT2D eigenvalue weighted by atomic mass is 9.74. The van der Waals surface area contributed by atoms with Crippen molar-refractivity contribution in [2.75, 3.05) is 0 Å². The molecule has 1 fully saturated rings. The fraction of sp³-hybridized carbons (Fsp3) is 0.556. The third-order valence-electron chi connectivity index (χ3n) is 3.02. The SMILES string of the molecule is NC(=O)CC1(C(=O)O)CC2C=CC1N2. The number of aliphatic carboxylic acids is 1. The molecule has 5 nitrogen and oxygen atoms in total. The quantitative estimate of drug-likeness (QED) is 0.517. The molecule has 2 aliphatic rings. The number of primary amides is 1. The van der Waals surface area contributed by atoms with Crippen molar-refractivity contribution in [2.45, 2.75) is 24.9 Å². The zero-order chi connectivity index (χ0) is 10.3. The van der Waals surface area contributed by atoms with E-state index >= 15 is 0 Å². The Morgan fingerprint density at radius 1 is 1.57 bits per heavy atom. The van der Waals surface area contributed by atoms with Gasteiger partial charge in [0.15, 0.2) is 0 Å². The highest BCUT2D eigenvalue weighted by molar-refractivity contribution is 5.86.